The number of ether oxygens (including phenoxy) is 3. The van der Waals surface area contributed by atoms with E-state index in [4.69, 9.17) is 24.3 Å². The number of fused-ring (bicyclic) bond motifs is 2. The van der Waals surface area contributed by atoms with Gasteiger partial charge in [0.2, 0.25) is 12.7 Å². The Morgan fingerprint density at radius 1 is 1.12 bits per heavy atom. The second-order valence-corrected chi connectivity index (χ2v) is 8.35. The van der Waals surface area contributed by atoms with Crippen LogP contribution in [0.15, 0.2) is 42.9 Å². The van der Waals surface area contributed by atoms with Crippen LogP contribution in [0.5, 0.6) is 17.4 Å². The number of benzene rings is 1. The molecule has 1 atom stereocenters. The van der Waals surface area contributed by atoms with E-state index in [2.05, 4.69) is 16.0 Å². The molecule has 0 spiro atoms. The van der Waals surface area contributed by atoms with Gasteiger partial charge in [0, 0.05) is 24.2 Å². The summed E-state index contributed by atoms with van der Waals surface area (Å²) in [5, 5.41) is 4.72. The zero-order valence-corrected chi connectivity index (χ0v) is 19.0. The van der Waals surface area contributed by atoms with Gasteiger partial charge >= 0.3 is 0 Å². The summed E-state index contributed by atoms with van der Waals surface area (Å²) in [6, 6.07) is 9.94. The van der Waals surface area contributed by atoms with Gasteiger partial charge in [0.1, 0.15) is 11.5 Å². The smallest absolute Gasteiger partial charge is 0.238 e. The number of hydrogen-bond acceptors (Lipinski definition) is 7. The van der Waals surface area contributed by atoms with Gasteiger partial charge in [-0.3, -0.25) is 0 Å². The summed E-state index contributed by atoms with van der Waals surface area (Å²) in [5.74, 6) is 3.87. The summed E-state index contributed by atoms with van der Waals surface area (Å²) in [6.45, 7) is 3.06. The van der Waals surface area contributed by atoms with Crippen molar-refractivity contribution in [1.82, 2.24) is 29.3 Å². The molecule has 0 fully saturated rings. The molecule has 34 heavy (non-hydrogen) atoms. The maximum Gasteiger partial charge on any atom is 0.238 e. The molecule has 9 nitrogen and oxygen atoms in total. The molecule has 0 radical (unpaired) electrons. The molecule has 6 rings (SSSR count). The summed E-state index contributed by atoms with van der Waals surface area (Å²) in [6.07, 6.45) is 9.50. The normalized spacial score (nSPS) is 16.7. The largest absolute Gasteiger partial charge is 0.479 e. The number of imidazole rings is 1. The van der Waals surface area contributed by atoms with E-state index >= 15 is 0 Å². The van der Waals surface area contributed by atoms with Crippen molar-refractivity contribution in [2.24, 2.45) is 0 Å². The van der Waals surface area contributed by atoms with Gasteiger partial charge in [0.15, 0.2) is 17.3 Å². The van der Waals surface area contributed by atoms with Gasteiger partial charge in [0.25, 0.3) is 0 Å². The molecule has 2 aliphatic heterocycles. The molecule has 0 saturated heterocycles. The Balaban J connectivity index is 1.28. The third kappa shape index (κ3) is 3.59. The Morgan fingerprint density at radius 2 is 2.06 bits per heavy atom. The predicted octanol–water partition coefficient (Wildman–Crippen LogP) is 4.00. The van der Waals surface area contributed by atoms with Gasteiger partial charge in [-0.05, 0) is 50.1 Å². The van der Waals surface area contributed by atoms with Crippen molar-refractivity contribution in [3.63, 3.8) is 0 Å². The summed E-state index contributed by atoms with van der Waals surface area (Å²) >= 11 is 0. The maximum atomic E-state index is 5.76. The summed E-state index contributed by atoms with van der Waals surface area (Å²) in [7, 11) is 1.61. The molecule has 0 unspecified atom stereocenters. The average Bonchev–Trinajstić information content (AvgIpc) is 3.61. The van der Waals surface area contributed by atoms with Gasteiger partial charge in [-0.1, -0.05) is 12.1 Å². The van der Waals surface area contributed by atoms with E-state index in [0.717, 1.165) is 59.3 Å². The van der Waals surface area contributed by atoms with E-state index in [1.165, 1.54) is 0 Å². The van der Waals surface area contributed by atoms with E-state index in [1.807, 2.05) is 58.8 Å². The van der Waals surface area contributed by atoms with Gasteiger partial charge in [-0.25, -0.2) is 19.6 Å². The van der Waals surface area contributed by atoms with Crippen LogP contribution in [-0.4, -0.2) is 43.2 Å². The Morgan fingerprint density at radius 3 is 2.91 bits per heavy atom. The summed E-state index contributed by atoms with van der Waals surface area (Å²) < 4.78 is 20.7. The Kier molecular flexibility index (Phi) is 5.01. The monoisotopic (exact) mass is 456 g/mol. The average molecular weight is 457 g/mol. The number of para-hydroxylation sites is 1. The summed E-state index contributed by atoms with van der Waals surface area (Å²) in [4.78, 5) is 13.8. The van der Waals surface area contributed by atoms with Crippen molar-refractivity contribution in [3.05, 3.63) is 71.5 Å². The van der Waals surface area contributed by atoms with Crippen molar-refractivity contribution in [3.8, 4) is 23.1 Å². The van der Waals surface area contributed by atoms with Crippen LogP contribution < -0.4 is 14.2 Å². The molecule has 5 heterocycles. The molecule has 0 bridgehead atoms. The standard InChI is InChI=1S/C25H24N6O3/c1-16-13-30(14-26-16)20-10-8-17(27-25(20)32-2)9-11-22-28-24-19(6-4-12-31(24)29-22)18-5-3-7-21-23(18)34-15-33-21/h3,5,7-11,13-14,19H,4,6,12,15H2,1-2H3/b11-9+/t19-/m0/s1. The topological polar surface area (TPSA) is 89.1 Å². The highest BCUT2D eigenvalue weighted by atomic mass is 16.7. The first kappa shape index (κ1) is 20.5. The van der Waals surface area contributed by atoms with Crippen molar-refractivity contribution in [1.29, 1.82) is 0 Å². The van der Waals surface area contributed by atoms with Crippen LogP contribution in [-0.2, 0) is 6.54 Å². The Bertz CT molecular complexity index is 1390. The minimum absolute atomic E-state index is 0.121. The molecule has 0 aliphatic carbocycles. The first-order valence-corrected chi connectivity index (χ1v) is 11.3. The van der Waals surface area contributed by atoms with Gasteiger partial charge in [-0.15, -0.1) is 0 Å². The number of methoxy groups -OCH3 is 1. The van der Waals surface area contributed by atoms with E-state index in [9.17, 15) is 0 Å². The zero-order valence-electron chi connectivity index (χ0n) is 19.0. The fourth-order valence-electron chi connectivity index (χ4n) is 4.56. The molecule has 0 saturated carbocycles. The number of aromatic nitrogens is 6. The fourth-order valence-corrected chi connectivity index (χ4v) is 4.56. The number of hydrogen-bond donors (Lipinski definition) is 0. The van der Waals surface area contributed by atoms with Crippen molar-refractivity contribution in [2.45, 2.75) is 32.2 Å². The molecule has 1 aromatic carbocycles. The molecule has 2 aliphatic rings. The van der Waals surface area contributed by atoms with Crippen LogP contribution in [0.25, 0.3) is 17.8 Å². The van der Waals surface area contributed by atoms with Crippen LogP contribution in [0.4, 0.5) is 0 Å². The highest BCUT2D eigenvalue weighted by molar-refractivity contribution is 5.66. The highest BCUT2D eigenvalue weighted by Crippen LogP contribution is 2.43. The quantitative estimate of drug-likeness (QED) is 0.448. The molecule has 172 valence electrons. The molecular weight excluding hydrogens is 432 g/mol. The Hall–Kier alpha value is -4.14. The Labute approximate surface area is 196 Å². The minimum atomic E-state index is 0.121. The van der Waals surface area contributed by atoms with Crippen molar-refractivity contribution < 1.29 is 14.2 Å². The van der Waals surface area contributed by atoms with Crippen molar-refractivity contribution >= 4 is 12.2 Å². The first-order valence-electron chi connectivity index (χ1n) is 11.3. The first-order chi connectivity index (χ1) is 16.7. The number of nitrogens with zero attached hydrogens (tertiary/aromatic N) is 6. The van der Waals surface area contributed by atoms with E-state index in [0.29, 0.717) is 11.7 Å². The van der Waals surface area contributed by atoms with E-state index < -0.39 is 0 Å². The lowest BCUT2D eigenvalue weighted by molar-refractivity contribution is 0.173. The SMILES string of the molecule is COc1nc(/C=C/c2nc3n(n2)CCC[C@H]3c2cccc3c2OCO3)ccc1-n1cnc(C)c1. The molecule has 3 aromatic heterocycles. The summed E-state index contributed by atoms with van der Waals surface area (Å²) in [5.41, 5.74) is 3.63. The number of aryl methyl sites for hydroxylation is 2. The maximum absolute atomic E-state index is 5.76. The lowest BCUT2D eigenvalue weighted by Gasteiger charge is -2.23. The second kappa shape index (κ2) is 8.33. The third-order valence-corrected chi connectivity index (χ3v) is 6.14. The van der Waals surface area contributed by atoms with Crippen molar-refractivity contribution in [2.75, 3.05) is 13.9 Å². The molecule has 0 N–H and O–H groups in total. The lowest BCUT2D eigenvalue weighted by Crippen LogP contribution is -2.18. The number of rotatable bonds is 5. The van der Waals surface area contributed by atoms with Gasteiger partial charge in [0.05, 0.1) is 24.8 Å². The van der Waals surface area contributed by atoms with E-state index in [-0.39, 0.29) is 12.7 Å². The highest BCUT2D eigenvalue weighted by Gasteiger charge is 2.30. The van der Waals surface area contributed by atoms with Crippen LogP contribution in [0.3, 0.4) is 0 Å². The lowest BCUT2D eigenvalue weighted by atomic mass is 9.90. The third-order valence-electron chi connectivity index (χ3n) is 6.14. The van der Waals surface area contributed by atoms with Crippen LogP contribution in [0, 0.1) is 6.92 Å². The molecule has 9 heteroatoms. The molecule has 0 amide bonds. The van der Waals surface area contributed by atoms with Gasteiger partial charge in [-0.2, -0.15) is 5.10 Å². The number of pyridine rings is 1. The van der Waals surface area contributed by atoms with Crippen LogP contribution >= 0.6 is 0 Å². The molecule has 4 aromatic rings. The second-order valence-electron chi connectivity index (χ2n) is 8.35. The zero-order chi connectivity index (χ0) is 23.1. The van der Waals surface area contributed by atoms with Crippen LogP contribution in [0.2, 0.25) is 0 Å². The fraction of sp³-hybridized carbons (Fsp3) is 0.280. The van der Waals surface area contributed by atoms with E-state index in [1.54, 1.807) is 13.4 Å². The predicted molar refractivity (Wildman–Crippen MR) is 125 cm³/mol. The minimum Gasteiger partial charge on any atom is -0.479 e. The van der Waals surface area contributed by atoms with Crippen LogP contribution in [0.1, 0.15) is 47.4 Å². The molecular formula is C25H24N6O3. The van der Waals surface area contributed by atoms with Gasteiger partial charge < -0.3 is 18.8 Å².